The van der Waals surface area contributed by atoms with Crippen molar-refractivity contribution >= 4 is 23.0 Å². The molecule has 1 saturated heterocycles. The Kier molecular flexibility index (Phi) is 5.89. The standard InChI is InChI=1S/C20H18F5N5OS/c1-12-26-18(27-19(31)30(12)11-16-2-3-17(32-16)20(23,24)25)29-6-4-28(5-7-29)15-9-13(21)8-14(22)10-15/h2-3,8-10H,4-7,11H2,1H3. The molecule has 0 unspecified atom stereocenters. The van der Waals surface area contributed by atoms with Gasteiger partial charge in [0.15, 0.2) is 0 Å². The Morgan fingerprint density at radius 2 is 1.59 bits per heavy atom. The molecule has 2 aromatic heterocycles. The van der Waals surface area contributed by atoms with Crippen LogP contribution in [0.5, 0.6) is 0 Å². The number of rotatable bonds is 4. The van der Waals surface area contributed by atoms with Crippen LogP contribution in [0, 0.1) is 18.6 Å². The molecule has 4 rings (SSSR count). The maximum absolute atomic E-state index is 13.5. The second-order valence-electron chi connectivity index (χ2n) is 7.31. The number of hydrogen-bond donors (Lipinski definition) is 0. The molecule has 32 heavy (non-hydrogen) atoms. The third-order valence-electron chi connectivity index (χ3n) is 5.11. The molecule has 1 fully saturated rings. The van der Waals surface area contributed by atoms with E-state index in [0.717, 1.165) is 12.1 Å². The van der Waals surface area contributed by atoms with Crippen LogP contribution in [0.2, 0.25) is 0 Å². The van der Waals surface area contributed by atoms with Crippen LogP contribution in [0.25, 0.3) is 0 Å². The van der Waals surface area contributed by atoms with Gasteiger partial charge in [-0.05, 0) is 31.2 Å². The second-order valence-corrected chi connectivity index (χ2v) is 8.47. The molecule has 3 aromatic rings. The Labute approximate surface area is 183 Å². The molecular weight excluding hydrogens is 453 g/mol. The minimum absolute atomic E-state index is 0.0510. The van der Waals surface area contributed by atoms with E-state index in [1.54, 1.807) is 11.8 Å². The number of alkyl halides is 3. The molecule has 1 aliphatic heterocycles. The van der Waals surface area contributed by atoms with Crippen LogP contribution in [0.4, 0.5) is 33.6 Å². The van der Waals surface area contributed by atoms with Crippen LogP contribution >= 0.6 is 11.3 Å². The highest BCUT2D eigenvalue weighted by Gasteiger charge is 2.32. The van der Waals surface area contributed by atoms with E-state index in [1.807, 2.05) is 4.90 Å². The average Bonchev–Trinajstić information content (AvgIpc) is 3.19. The van der Waals surface area contributed by atoms with E-state index in [0.29, 0.717) is 53.9 Å². The first-order valence-corrected chi connectivity index (χ1v) is 10.5. The van der Waals surface area contributed by atoms with E-state index < -0.39 is 28.4 Å². The summed E-state index contributed by atoms with van der Waals surface area (Å²) in [6.07, 6.45) is -4.43. The number of halogens is 5. The molecule has 0 saturated carbocycles. The molecule has 0 aliphatic carbocycles. The molecule has 0 N–H and O–H groups in total. The van der Waals surface area contributed by atoms with Crippen LogP contribution < -0.4 is 15.5 Å². The first-order chi connectivity index (χ1) is 15.1. The van der Waals surface area contributed by atoms with E-state index in [9.17, 15) is 26.7 Å². The molecule has 170 valence electrons. The zero-order valence-electron chi connectivity index (χ0n) is 16.9. The predicted molar refractivity (Wildman–Crippen MR) is 110 cm³/mol. The van der Waals surface area contributed by atoms with Gasteiger partial charge in [-0.1, -0.05) is 0 Å². The molecule has 6 nitrogen and oxygen atoms in total. The van der Waals surface area contributed by atoms with Gasteiger partial charge in [-0.2, -0.15) is 23.1 Å². The zero-order chi connectivity index (χ0) is 23.0. The molecule has 12 heteroatoms. The fourth-order valence-electron chi connectivity index (χ4n) is 3.50. The molecular formula is C20H18F5N5OS. The van der Waals surface area contributed by atoms with Crippen molar-refractivity contribution in [1.29, 1.82) is 0 Å². The van der Waals surface area contributed by atoms with Crippen molar-refractivity contribution in [3.63, 3.8) is 0 Å². The van der Waals surface area contributed by atoms with Gasteiger partial charge in [0.05, 0.1) is 6.54 Å². The van der Waals surface area contributed by atoms with Crippen molar-refractivity contribution in [1.82, 2.24) is 14.5 Å². The highest BCUT2D eigenvalue weighted by Crippen LogP contribution is 2.34. The third kappa shape index (κ3) is 4.74. The van der Waals surface area contributed by atoms with Crippen LogP contribution in [0.1, 0.15) is 15.6 Å². The Bertz CT molecular complexity index is 1160. The first kappa shape index (κ1) is 22.2. The fourth-order valence-corrected chi connectivity index (χ4v) is 4.36. The number of piperazine rings is 1. The number of thiophene rings is 1. The van der Waals surface area contributed by atoms with Gasteiger partial charge in [-0.15, -0.1) is 11.3 Å². The molecule has 1 aromatic carbocycles. The Balaban J connectivity index is 1.47. The predicted octanol–water partition coefficient (Wildman–Crippen LogP) is 3.68. The van der Waals surface area contributed by atoms with Crippen LogP contribution in [-0.4, -0.2) is 40.7 Å². The van der Waals surface area contributed by atoms with Crippen molar-refractivity contribution in [2.24, 2.45) is 0 Å². The summed E-state index contributed by atoms with van der Waals surface area (Å²) in [4.78, 5) is 24.2. The minimum Gasteiger partial charge on any atom is -0.368 e. The molecule has 0 spiro atoms. The van der Waals surface area contributed by atoms with Gasteiger partial charge < -0.3 is 9.80 Å². The maximum Gasteiger partial charge on any atom is 0.425 e. The minimum atomic E-state index is -4.43. The lowest BCUT2D eigenvalue weighted by Gasteiger charge is -2.36. The maximum atomic E-state index is 13.5. The summed E-state index contributed by atoms with van der Waals surface area (Å²) in [5.41, 5.74) is -0.173. The van der Waals surface area contributed by atoms with Gasteiger partial charge in [0.1, 0.15) is 22.3 Å². The summed E-state index contributed by atoms with van der Waals surface area (Å²) in [5.74, 6) is -0.760. The largest absolute Gasteiger partial charge is 0.425 e. The topological polar surface area (TPSA) is 54.3 Å². The number of hydrogen-bond acceptors (Lipinski definition) is 6. The van der Waals surface area contributed by atoms with Gasteiger partial charge in [0, 0.05) is 42.8 Å². The SMILES string of the molecule is Cc1nc(N2CCN(c3cc(F)cc(F)c3)CC2)nc(=O)n1Cc1ccc(C(F)(F)F)s1. The fraction of sp³-hybridized carbons (Fsp3) is 0.350. The Morgan fingerprint density at radius 1 is 0.969 bits per heavy atom. The van der Waals surface area contributed by atoms with Crippen LogP contribution in [0.3, 0.4) is 0 Å². The quantitative estimate of drug-likeness (QED) is 0.544. The first-order valence-electron chi connectivity index (χ1n) is 9.67. The third-order valence-corrected chi connectivity index (χ3v) is 6.22. The summed E-state index contributed by atoms with van der Waals surface area (Å²) in [5, 5.41) is 0. The average molecular weight is 471 g/mol. The Hall–Kier alpha value is -3.02. The molecule has 3 heterocycles. The Morgan fingerprint density at radius 3 is 2.16 bits per heavy atom. The summed E-state index contributed by atoms with van der Waals surface area (Å²) in [6.45, 7) is 3.30. The highest BCUT2D eigenvalue weighted by atomic mass is 32.1. The van der Waals surface area contributed by atoms with Crippen molar-refractivity contribution in [3.05, 3.63) is 68.0 Å². The zero-order valence-corrected chi connectivity index (χ0v) is 17.7. The number of nitrogens with zero attached hydrogens (tertiary/aromatic N) is 5. The summed E-state index contributed by atoms with van der Waals surface area (Å²) in [6, 6.07) is 5.65. The summed E-state index contributed by atoms with van der Waals surface area (Å²) < 4.78 is 66.6. The lowest BCUT2D eigenvalue weighted by molar-refractivity contribution is -0.134. The van der Waals surface area contributed by atoms with Crippen LogP contribution in [0.15, 0.2) is 35.1 Å². The summed E-state index contributed by atoms with van der Waals surface area (Å²) >= 11 is 0.575. The van der Waals surface area contributed by atoms with Crippen molar-refractivity contribution in [2.45, 2.75) is 19.6 Å². The molecule has 0 radical (unpaired) electrons. The molecule has 1 aliphatic rings. The van der Waals surface area contributed by atoms with Gasteiger partial charge >= 0.3 is 11.9 Å². The molecule has 0 atom stereocenters. The van der Waals surface area contributed by atoms with E-state index in [2.05, 4.69) is 9.97 Å². The number of benzene rings is 1. The summed E-state index contributed by atoms with van der Waals surface area (Å²) in [7, 11) is 0. The van der Waals surface area contributed by atoms with Gasteiger partial charge in [0.25, 0.3) is 0 Å². The van der Waals surface area contributed by atoms with Crippen molar-refractivity contribution in [3.8, 4) is 0 Å². The number of aromatic nitrogens is 3. The monoisotopic (exact) mass is 471 g/mol. The number of anilines is 2. The lowest BCUT2D eigenvalue weighted by atomic mass is 10.2. The lowest BCUT2D eigenvalue weighted by Crippen LogP contribution is -2.48. The van der Waals surface area contributed by atoms with Gasteiger partial charge in [-0.3, -0.25) is 4.57 Å². The van der Waals surface area contributed by atoms with E-state index in [4.69, 9.17) is 0 Å². The van der Waals surface area contributed by atoms with Gasteiger partial charge in [0.2, 0.25) is 5.95 Å². The smallest absolute Gasteiger partial charge is 0.368 e. The van der Waals surface area contributed by atoms with Crippen LogP contribution in [-0.2, 0) is 12.7 Å². The van der Waals surface area contributed by atoms with Gasteiger partial charge in [-0.25, -0.2) is 13.6 Å². The molecule has 0 bridgehead atoms. The highest BCUT2D eigenvalue weighted by molar-refractivity contribution is 7.12. The molecule has 0 amide bonds. The van der Waals surface area contributed by atoms with E-state index in [1.165, 1.54) is 22.8 Å². The van der Waals surface area contributed by atoms with E-state index >= 15 is 0 Å². The van der Waals surface area contributed by atoms with Crippen molar-refractivity contribution in [2.75, 3.05) is 36.0 Å². The second kappa shape index (κ2) is 8.49. The normalized spacial score (nSPS) is 14.8. The number of aryl methyl sites for hydroxylation is 1. The van der Waals surface area contributed by atoms with E-state index in [-0.39, 0.29) is 12.5 Å². The van der Waals surface area contributed by atoms with Crippen molar-refractivity contribution < 1.29 is 22.0 Å².